The Bertz CT molecular complexity index is 1440. The van der Waals surface area contributed by atoms with Crippen LogP contribution in [0.15, 0.2) is 59.0 Å². The number of nitro groups is 1. The molecule has 3 aromatic carbocycles. The first-order valence-corrected chi connectivity index (χ1v) is 9.93. The molecule has 4 aromatic rings. The number of rotatable bonds is 4. The molecule has 1 aromatic heterocycles. The second kappa shape index (κ2) is 8.88. The number of aromatic nitrogens is 1. The van der Waals surface area contributed by atoms with Gasteiger partial charge < -0.3 is 9.73 Å². The van der Waals surface area contributed by atoms with E-state index in [1.807, 2.05) is 0 Å². The van der Waals surface area contributed by atoms with Crippen molar-refractivity contribution in [3.05, 3.63) is 86.9 Å². The van der Waals surface area contributed by atoms with Crippen LogP contribution < -0.4 is 10.6 Å². The number of nitrogens with zero attached hydrogens (tertiary/aromatic N) is 2. The van der Waals surface area contributed by atoms with Gasteiger partial charge in [-0.2, -0.15) is 0 Å². The number of hydrogen-bond donors (Lipinski definition) is 2. The van der Waals surface area contributed by atoms with Crippen LogP contribution in [0.25, 0.3) is 22.6 Å². The fourth-order valence-corrected chi connectivity index (χ4v) is 3.41. The van der Waals surface area contributed by atoms with Crippen LogP contribution in [0.2, 0.25) is 5.02 Å². The van der Waals surface area contributed by atoms with Gasteiger partial charge >= 0.3 is 0 Å². The highest BCUT2D eigenvalue weighted by Crippen LogP contribution is 2.32. The lowest BCUT2D eigenvalue weighted by Crippen LogP contribution is -2.34. The third kappa shape index (κ3) is 4.64. The first-order valence-electron chi connectivity index (χ1n) is 9.14. The van der Waals surface area contributed by atoms with Gasteiger partial charge in [0.05, 0.1) is 15.5 Å². The Kier molecular flexibility index (Phi) is 5.99. The largest absolute Gasteiger partial charge is 0.436 e. The summed E-state index contributed by atoms with van der Waals surface area (Å²) < 4.78 is 32.5. The summed E-state index contributed by atoms with van der Waals surface area (Å²) in [7, 11) is 0. The highest BCUT2D eigenvalue weighted by molar-refractivity contribution is 7.80. The van der Waals surface area contributed by atoms with Gasteiger partial charge in [-0.1, -0.05) is 23.7 Å². The van der Waals surface area contributed by atoms with Crippen LogP contribution in [0.1, 0.15) is 10.4 Å². The molecule has 0 spiro atoms. The fraction of sp³-hybridized carbons (Fsp3) is 0. The Hall–Kier alpha value is -3.96. The van der Waals surface area contributed by atoms with Crippen LogP contribution in [0.3, 0.4) is 0 Å². The zero-order valence-corrected chi connectivity index (χ0v) is 17.8. The van der Waals surface area contributed by atoms with Crippen LogP contribution in [0.5, 0.6) is 0 Å². The Morgan fingerprint density at radius 2 is 1.85 bits per heavy atom. The molecule has 0 saturated carbocycles. The highest BCUT2D eigenvalue weighted by Gasteiger charge is 2.20. The third-order valence-electron chi connectivity index (χ3n) is 4.46. The number of nitro benzene ring substituents is 1. The molecule has 0 bridgehead atoms. The van der Waals surface area contributed by atoms with Gasteiger partial charge in [0.1, 0.15) is 11.1 Å². The molecule has 4 rings (SSSR count). The topological polar surface area (TPSA) is 110 Å². The lowest BCUT2D eigenvalue weighted by Gasteiger charge is -2.09. The number of carbonyl (C=O) groups excluding carboxylic acids is 1. The van der Waals surface area contributed by atoms with Crippen molar-refractivity contribution in [1.29, 1.82) is 0 Å². The number of anilines is 1. The van der Waals surface area contributed by atoms with Crippen molar-refractivity contribution in [2.45, 2.75) is 0 Å². The van der Waals surface area contributed by atoms with E-state index in [9.17, 15) is 23.7 Å². The third-order valence-corrected chi connectivity index (χ3v) is 4.98. The molecule has 0 aliphatic heterocycles. The lowest BCUT2D eigenvalue weighted by atomic mass is 10.1. The number of oxazole rings is 1. The SMILES string of the molecule is O=C(NC(=S)Nc1ccc2oc(-c3cc(F)c(F)cc3Cl)nc2c1)c1ccccc1[N+](=O)[O-]. The summed E-state index contributed by atoms with van der Waals surface area (Å²) in [4.78, 5) is 27.1. The van der Waals surface area contributed by atoms with Gasteiger partial charge in [0, 0.05) is 11.8 Å². The number of halogens is 3. The van der Waals surface area contributed by atoms with E-state index in [0.29, 0.717) is 16.8 Å². The normalized spacial score (nSPS) is 10.8. The average Bonchev–Trinajstić information content (AvgIpc) is 3.19. The molecular formula is C21H11ClF2N4O4S. The number of amides is 1. The second-order valence-electron chi connectivity index (χ2n) is 6.63. The van der Waals surface area contributed by atoms with Crippen molar-refractivity contribution < 1.29 is 22.9 Å². The molecule has 33 heavy (non-hydrogen) atoms. The minimum atomic E-state index is -1.10. The Labute approximate surface area is 194 Å². The van der Waals surface area contributed by atoms with Gasteiger partial charge in [-0.05, 0) is 48.6 Å². The van der Waals surface area contributed by atoms with Crippen LogP contribution in [-0.4, -0.2) is 20.9 Å². The molecule has 8 nitrogen and oxygen atoms in total. The van der Waals surface area contributed by atoms with E-state index >= 15 is 0 Å². The maximum absolute atomic E-state index is 13.6. The monoisotopic (exact) mass is 488 g/mol. The van der Waals surface area contributed by atoms with E-state index in [-0.39, 0.29) is 32.8 Å². The van der Waals surface area contributed by atoms with E-state index in [4.69, 9.17) is 28.2 Å². The summed E-state index contributed by atoms with van der Waals surface area (Å²) in [5, 5.41) is 16.1. The predicted molar refractivity (Wildman–Crippen MR) is 121 cm³/mol. The van der Waals surface area contributed by atoms with Crippen LogP contribution >= 0.6 is 23.8 Å². The summed E-state index contributed by atoms with van der Waals surface area (Å²) in [5.74, 6) is -2.96. The molecule has 0 aliphatic rings. The van der Waals surface area contributed by atoms with Crippen molar-refractivity contribution in [1.82, 2.24) is 10.3 Å². The van der Waals surface area contributed by atoms with Gasteiger partial charge in [-0.3, -0.25) is 20.2 Å². The smallest absolute Gasteiger partial charge is 0.282 e. The standard InChI is InChI=1S/C21H11ClF2N4O4S/c22-13-9-15(24)14(23)8-12(13)20-26-16-7-10(5-6-18(16)32-20)25-21(33)27-19(29)11-3-1-2-4-17(11)28(30)31/h1-9H,(H2,25,27,29,33). The molecule has 0 fully saturated rings. The van der Waals surface area contributed by atoms with Gasteiger partial charge in [0.15, 0.2) is 22.3 Å². The fourth-order valence-electron chi connectivity index (χ4n) is 2.96. The molecular weight excluding hydrogens is 478 g/mol. The van der Waals surface area contributed by atoms with Gasteiger partial charge in [-0.15, -0.1) is 0 Å². The van der Waals surface area contributed by atoms with Crippen molar-refractivity contribution >= 4 is 57.3 Å². The zero-order chi connectivity index (χ0) is 23.7. The minimum absolute atomic E-state index is 0.0154. The molecule has 1 amide bonds. The molecule has 0 unspecified atom stereocenters. The molecule has 166 valence electrons. The number of benzene rings is 3. The predicted octanol–water partition coefficient (Wildman–Crippen LogP) is 5.46. The zero-order valence-electron chi connectivity index (χ0n) is 16.3. The van der Waals surface area contributed by atoms with Crippen LogP contribution in [0, 0.1) is 21.7 Å². The van der Waals surface area contributed by atoms with Crippen molar-refractivity contribution in [3.63, 3.8) is 0 Å². The molecule has 2 N–H and O–H groups in total. The maximum Gasteiger partial charge on any atom is 0.282 e. The van der Waals surface area contributed by atoms with Crippen LogP contribution in [0.4, 0.5) is 20.2 Å². The quantitative estimate of drug-likeness (QED) is 0.170. The Morgan fingerprint density at radius 3 is 2.61 bits per heavy atom. The molecule has 0 aliphatic carbocycles. The van der Waals surface area contributed by atoms with E-state index in [2.05, 4.69) is 15.6 Å². The van der Waals surface area contributed by atoms with Gasteiger partial charge in [-0.25, -0.2) is 13.8 Å². The molecule has 12 heteroatoms. The Morgan fingerprint density at radius 1 is 1.12 bits per heavy atom. The number of nitrogens with one attached hydrogen (secondary N) is 2. The van der Waals surface area contributed by atoms with Crippen molar-refractivity contribution in [2.75, 3.05) is 5.32 Å². The number of fused-ring (bicyclic) bond motifs is 1. The van der Waals surface area contributed by atoms with E-state index in [1.165, 1.54) is 24.3 Å². The molecule has 0 saturated heterocycles. The van der Waals surface area contributed by atoms with E-state index in [1.54, 1.807) is 18.2 Å². The van der Waals surface area contributed by atoms with Crippen molar-refractivity contribution in [3.8, 4) is 11.5 Å². The Balaban J connectivity index is 1.53. The number of carbonyl (C=O) groups is 1. The first kappa shape index (κ1) is 22.2. The number of hydrogen-bond acceptors (Lipinski definition) is 6. The highest BCUT2D eigenvalue weighted by atomic mass is 35.5. The second-order valence-corrected chi connectivity index (χ2v) is 7.45. The molecule has 1 heterocycles. The van der Waals surface area contributed by atoms with Crippen molar-refractivity contribution in [2.24, 2.45) is 0 Å². The minimum Gasteiger partial charge on any atom is -0.436 e. The molecule has 0 atom stereocenters. The van der Waals surface area contributed by atoms with Crippen LogP contribution in [-0.2, 0) is 0 Å². The first-order chi connectivity index (χ1) is 15.7. The van der Waals surface area contributed by atoms with E-state index in [0.717, 1.165) is 12.1 Å². The van der Waals surface area contributed by atoms with E-state index < -0.39 is 22.5 Å². The summed E-state index contributed by atoms with van der Waals surface area (Å²) in [6.45, 7) is 0. The maximum atomic E-state index is 13.6. The summed E-state index contributed by atoms with van der Waals surface area (Å²) in [6.07, 6.45) is 0. The summed E-state index contributed by atoms with van der Waals surface area (Å²) in [5.41, 5.74) is 0.687. The summed E-state index contributed by atoms with van der Waals surface area (Å²) in [6, 6.07) is 11.8. The molecule has 0 radical (unpaired) electrons. The number of thiocarbonyl (C=S) groups is 1. The average molecular weight is 489 g/mol. The summed E-state index contributed by atoms with van der Waals surface area (Å²) >= 11 is 11.1. The number of para-hydroxylation sites is 1. The lowest BCUT2D eigenvalue weighted by molar-refractivity contribution is -0.385. The van der Waals surface area contributed by atoms with Gasteiger partial charge in [0.2, 0.25) is 5.89 Å². The van der Waals surface area contributed by atoms with Gasteiger partial charge in [0.25, 0.3) is 11.6 Å².